The first-order valence-electron chi connectivity index (χ1n) is 6.19. The average Bonchev–Trinajstić information content (AvgIpc) is 2.32. The molecule has 4 nitrogen and oxygen atoms in total. The van der Waals surface area contributed by atoms with Crippen LogP contribution < -0.4 is 11.3 Å². The maximum atomic E-state index is 12.1. The summed E-state index contributed by atoms with van der Waals surface area (Å²) in [5, 5.41) is 8.68. The molecule has 18 heavy (non-hydrogen) atoms. The first-order valence-corrected chi connectivity index (χ1v) is 6.60. The van der Waals surface area contributed by atoms with Crippen molar-refractivity contribution >= 4 is 17.2 Å². The van der Waals surface area contributed by atoms with Crippen molar-refractivity contribution in [3.8, 4) is 0 Å². The molecule has 1 aromatic rings. The van der Waals surface area contributed by atoms with Crippen LogP contribution in [0.1, 0.15) is 36.9 Å². The second-order valence-electron chi connectivity index (χ2n) is 4.35. The van der Waals surface area contributed by atoms with Gasteiger partial charge in [0.1, 0.15) is 4.99 Å². The molecule has 1 heterocycles. The van der Waals surface area contributed by atoms with Gasteiger partial charge < -0.3 is 15.4 Å². The second-order valence-corrected chi connectivity index (χ2v) is 4.79. The van der Waals surface area contributed by atoms with E-state index in [1.54, 1.807) is 10.6 Å². The Labute approximate surface area is 112 Å². The summed E-state index contributed by atoms with van der Waals surface area (Å²) in [5.74, 6) is 0. The van der Waals surface area contributed by atoms with Gasteiger partial charge in [-0.3, -0.25) is 4.79 Å². The molecule has 1 aromatic heterocycles. The van der Waals surface area contributed by atoms with Crippen LogP contribution in [0.5, 0.6) is 0 Å². The zero-order valence-electron chi connectivity index (χ0n) is 10.7. The molecule has 0 unspecified atom stereocenters. The van der Waals surface area contributed by atoms with Crippen molar-refractivity contribution in [3.05, 3.63) is 33.7 Å². The maximum Gasteiger partial charge on any atom is 0.260 e. The van der Waals surface area contributed by atoms with E-state index < -0.39 is 0 Å². The van der Waals surface area contributed by atoms with Gasteiger partial charge in [-0.25, -0.2) is 0 Å². The Morgan fingerprint density at radius 1 is 1.33 bits per heavy atom. The minimum atomic E-state index is -0.107. The van der Waals surface area contributed by atoms with Crippen molar-refractivity contribution in [2.24, 2.45) is 5.73 Å². The van der Waals surface area contributed by atoms with Crippen LogP contribution in [-0.2, 0) is 6.54 Å². The molecule has 0 aliphatic heterocycles. The van der Waals surface area contributed by atoms with E-state index in [1.165, 1.54) is 0 Å². The normalized spacial score (nSPS) is 10.6. The number of nitrogens with zero attached hydrogens (tertiary/aromatic N) is 1. The maximum absolute atomic E-state index is 12.1. The van der Waals surface area contributed by atoms with Gasteiger partial charge in [0, 0.05) is 18.8 Å². The van der Waals surface area contributed by atoms with E-state index in [-0.39, 0.29) is 17.2 Å². The van der Waals surface area contributed by atoms with E-state index in [2.05, 4.69) is 0 Å². The highest BCUT2D eigenvalue weighted by atomic mass is 32.1. The number of hydrogen-bond acceptors (Lipinski definition) is 3. The van der Waals surface area contributed by atoms with E-state index in [0.29, 0.717) is 12.1 Å². The largest absolute Gasteiger partial charge is 0.396 e. The van der Waals surface area contributed by atoms with Crippen LogP contribution in [0.3, 0.4) is 0 Å². The van der Waals surface area contributed by atoms with Gasteiger partial charge >= 0.3 is 0 Å². The highest BCUT2D eigenvalue weighted by Gasteiger charge is 2.07. The fraction of sp³-hybridized carbons (Fsp3) is 0.538. The minimum Gasteiger partial charge on any atom is -0.396 e. The van der Waals surface area contributed by atoms with E-state index in [0.717, 1.165) is 31.4 Å². The molecule has 0 atom stereocenters. The number of aryl methyl sites for hydroxylation is 1. The van der Waals surface area contributed by atoms with Gasteiger partial charge in [0.05, 0.1) is 5.56 Å². The molecule has 0 radical (unpaired) electrons. The van der Waals surface area contributed by atoms with E-state index >= 15 is 0 Å². The number of thiocarbonyl (C=S) groups is 1. The van der Waals surface area contributed by atoms with E-state index in [1.807, 2.05) is 13.0 Å². The Hall–Kier alpha value is -1.20. The molecule has 0 aromatic carbocycles. The molecule has 0 spiro atoms. The van der Waals surface area contributed by atoms with Crippen LogP contribution in [0.25, 0.3) is 0 Å². The van der Waals surface area contributed by atoms with Crippen molar-refractivity contribution in [2.45, 2.75) is 39.2 Å². The topological polar surface area (TPSA) is 68.2 Å². The molecular formula is C13H20N2O2S. The van der Waals surface area contributed by atoms with Gasteiger partial charge in [0.2, 0.25) is 0 Å². The quantitative estimate of drug-likeness (QED) is 0.578. The molecule has 3 N–H and O–H groups in total. The predicted molar refractivity (Wildman–Crippen MR) is 76.9 cm³/mol. The molecule has 0 aliphatic rings. The number of hydrogen-bond donors (Lipinski definition) is 2. The van der Waals surface area contributed by atoms with E-state index in [9.17, 15) is 4.79 Å². The van der Waals surface area contributed by atoms with Gasteiger partial charge in [-0.15, -0.1) is 0 Å². The lowest BCUT2D eigenvalue weighted by molar-refractivity contribution is 0.282. The molecule has 100 valence electrons. The summed E-state index contributed by atoms with van der Waals surface area (Å²) in [6.45, 7) is 2.81. The minimum absolute atomic E-state index is 0.107. The highest BCUT2D eigenvalue weighted by Crippen LogP contribution is 2.04. The molecule has 0 aliphatic carbocycles. The zero-order valence-corrected chi connectivity index (χ0v) is 11.5. The van der Waals surface area contributed by atoms with Crippen LogP contribution in [0, 0.1) is 6.92 Å². The van der Waals surface area contributed by atoms with E-state index in [4.69, 9.17) is 23.1 Å². The summed E-state index contributed by atoms with van der Waals surface area (Å²) >= 11 is 4.86. The average molecular weight is 268 g/mol. The van der Waals surface area contributed by atoms with Gasteiger partial charge in [0.15, 0.2) is 0 Å². The van der Waals surface area contributed by atoms with Gasteiger partial charge in [-0.2, -0.15) is 0 Å². The summed E-state index contributed by atoms with van der Waals surface area (Å²) in [4.78, 5) is 12.3. The molecule has 0 saturated heterocycles. The molecular weight excluding hydrogens is 248 g/mol. The summed E-state index contributed by atoms with van der Waals surface area (Å²) in [7, 11) is 0. The lowest BCUT2D eigenvalue weighted by Gasteiger charge is -2.11. The monoisotopic (exact) mass is 268 g/mol. The highest BCUT2D eigenvalue weighted by molar-refractivity contribution is 7.80. The summed E-state index contributed by atoms with van der Waals surface area (Å²) in [6, 6.07) is 3.55. The number of aromatic nitrogens is 1. The first-order chi connectivity index (χ1) is 8.57. The lowest BCUT2D eigenvalue weighted by Crippen LogP contribution is -2.30. The SMILES string of the molecule is Cc1ccc(C(N)=S)c(=O)n1CCCCCCO. The fourth-order valence-corrected chi connectivity index (χ4v) is 2.03. The standard InChI is InChI=1S/C13H20N2O2S/c1-10-6-7-11(12(14)18)13(17)15(10)8-4-2-3-5-9-16/h6-7,16H,2-5,8-9H2,1H3,(H2,14,18). The van der Waals surface area contributed by atoms with Gasteiger partial charge in [0.25, 0.3) is 5.56 Å². The number of unbranched alkanes of at least 4 members (excludes halogenated alkanes) is 3. The smallest absolute Gasteiger partial charge is 0.260 e. The zero-order chi connectivity index (χ0) is 13.5. The second kappa shape index (κ2) is 7.28. The first kappa shape index (κ1) is 14.9. The van der Waals surface area contributed by atoms with Crippen LogP contribution in [0.2, 0.25) is 0 Å². The number of pyridine rings is 1. The van der Waals surface area contributed by atoms with Crippen LogP contribution in [-0.4, -0.2) is 21.3 Å². The molecule has 0 amide bonds. The predicted octanol–water partition coefficient (Wildman–Crippen LogP) is 1.34. The number of aliphatic hydroxyl groups excluding tert-OH is 1. The lowest BCUT2D eigenvalue weighted by atomic mass is 10.2. The summed E-state index contributed by atoms with van der Waals surface area (Å²) < 4.78 is 1.72. The van der Waals surface area contributed by atoms with Gasteiger partial charge in [-0.1, -0.05) is 25.1 Å². The van der Waals surface area contributed by atoms with Crippen molar-refractivity contribution < 1.29 is 5.11 Å². The van der Waals surface area contributed by atoms with Crippen molar-refractivity contribution in [1.29, 1.82) is 0 Å². The molecule has 0 saturated carbocycles. The van der Waals surface area contributed by atoms with Gasteiger partial charge in [-0.05, 0) is 31.9 Å². The number of nitrogens with two attached hydrogens (primary N) is 1. The Morgan fingerprint density at radius 2 is 2.00 bits per heavy atom. The third-order valence-corrected chi connectivity index (χ3v) is 3.17. The summed E-state index contributed by atoms with van der Waals surface area (Å²) in [6.07, 6.45) is 3.73. The molecule has 0 bridgehead atoms. The number of aliphatic hydroxyl groups is 1. The third kappa shape index (κ3) is 3.92. The van der Waals surface area contributed by atoms with Crippen LogP contribution in [0.4, 0.5) is 0 Å². The van der Waals surface area contributed by atoms with Crippen molar-refractivity contribution in [3.63, 3.8) is 0 Å². The summed E-state index contributed by atoms with van der Waals surface area (Å²) in [5.41, 5.74) is 6.74. The third-order valence-electron chi connectivity index (χ3n) is 2.95. The Morgan fingerprint density at radius 3 is 2.61 bits per heavy atom. The molecule has 5 heteroatoms. The van der Waals surface area contributed by atoms with Crippen LogP contribution in [0.15, 0.2) is 16.9 Å². The van der Waals surface area contributed by atoms with Crippen LogP contribution >= 0.6 is 12.2 Å². The number of rotatable bonds is 7. The Bertz CT molecular complexity index is 469. The van der Waals surface area contributed by atoms with Crippen molar-refractivity contribution in [2.75, 3.05) is 6.61 Å². The Kier molecular flexibility index (Phi) is 6.01. The fourth-order valence-electron chi connectivity index (χ4n) is 1.87. The van der Waals surface area contributed by atoms with Crippen molar-refractivity contribution in [1.82, 2.24) is 4.57 Å². The molecule has 1 rings (SSSR count). The molecule has 0 fully saturated rings. The Balaban J connectivity index is 2.73.